The second kappa shape index (κ2) is 11.3. The summed E-state index contributed by atoms with van der Waals surface area (Å²) >= 11 is 1.58. The number of ether oxygens (including phenoxy) is 2. The number of rotatable bonds is 7. The molecule has 5 rings (SSSR count). The Morgan fingerprint density at radius 2 is 1.53 bits per heavy atom. The van der Waals surface area contributed by atoms with Gasteiger partial charge in [0.25, 0.3) is 11.8 Å². The molecule has 1 N–H and O–H groups in total. The first-order chi connectivity index (χ1) is 17.7. The number of nitrogens with one attached hydrogen (secondary N) is 1. The lowest BCUT2D eigenvalue weighted by Crippen LogP contribution is -2.40. The zero-order valence-corrected chi connectivity index (χ0v) is 20.5. The van der Waals surface area contributed by atoms with Gasteiger partial charge in [-0.2, -0.15) is 0 Å². The van der Waals surface area contributed by atoms with Crippen LogP contribution >= 0.6 is 11.8 Å². The number of carbonyl (C=O) groups is 2. The number of hydrogen-bond donors (Lipinski definition) is 1. The molecule has 1 fully saturated rings. The third-order valence-electron chi connectivity index (χ3n) is 5.87. The fourth-order valence-corrected chi connectivity index (χ4v) is 4.97. The van der Waals surface area contributed by atoms with Crippen molar-refractivity contribution in [1.29, 1.82) is 0 Å². The molecule has 1 heterocycles. The van der Waals surface area contributed by atoms with Gasteiger partial charge in [-0.3, -0.25) is 9.59 Å². The molecule has 0 aromatic heterocycles. The molecule has 1 aliphatic rings. The van der Waals surface area contributed by atoms with Gasteiger partial charge in [0.15, 0.2) is 6.61 Å². The first kappa shape index (κ1) is 23.9. The molecule has 1 saturated heterocycles. The van der Waals surface area contributed by atoms with E-state index < -0.39 is 0 Å². The highest BCUT2D eigenvalue weighted by Gasteiger charge is 2.23. The molecule has 2 amide bonds. The molecule has 36 heavy (non-hydrogen) atoms. The number of carbonyl (C=O) groups excluding carboxylic acids is 2. The van der Waals surface area contributed by atoms with E-state index in [1.54, 1.807) is 16.7 Å². The van der Waals surface area contributed by atoms with Crippen LogP contribution in [-0.4, -0.2) is 49.6 Å². The summed E-state index contributed by atoms with van der Waals surface area (Å²) in [7, 11) is 0. The predicted molar refractivity (Wildman–Crippen MR) is 142 cm³/mol. The summed E-state index contributed by atoms with van der Waals surface area (Å²) in [4.78, 5) is 30.0. The molecular formula is C29H26N2O4S. The van der Waals surface area contributed by atoms with Gasteiger partial charge in [0.1, 0.15) is 5.75 Å². The normalized spacial score (nSPS) is 13.4. The SMILES string of the molecule is O=C(COc1cc2ccccc2cc1C(=O)N1CCOCC1)Nc1ccccc1Sc1ccccc1. The monoisotopic (exact) mass is 498 g/mol. The Bertz CT molecular complexity index is 1370. The minimum Gasteiger partial charge on any atom is -0.483 e. The Morgan fingerprint density at radius 1 is 0.861 bits per heavy atom. The standard InChI is InChI=1S/C29H26N2O4S/c32-28(30-25-12-6-7-13-27(25)36-23-10-2-1-3-11-23)20-35-26-19-22-9-5-4-8-21(22)18-24(26)29(33)31-14-16-34-17-15-31/h1-13,18-19H,14-17,20H2,(H,30,32). The van der Waals surface area contributed by atoms with Gasteiger partial charge in [-0.15, -0.1) is 0 Å². The van der Waals surface area contributed by atoms with Gasteiger partial charge in [0, 0.05) is 22.9 Å². The van der Waals surface area contributed by atoms with E-state index in [1.807, 2.05) is 91.0 Å². The average Bonchev–Trinajstić information content (AvgIpc) is 2.93. The number of fused-ring (bicyclic) bond motifs is 1. The van der Waals surface area contributed by atoms with Crippen molar-refractivity contribution in [2.45, 2.75) is 9.79 Å². The Morgan fingerprint density at radius 3 is 2.31 bits per heavy atom. The van der Waals surface area contributed by atoms with Crippen LogP contribution in [0, 0.1) is 0 Å². The zero-order chi connectivity index (χ0) is 24.7. The molecule has 0 spiro atoms. The number of benzene rings is 4. The minimum atomic E-state index is -0.297. The zero-order valence-electron chi connectivity index (χ0n) is 19.7. The fourth-order valence-electron chi connectivity index (χ4n) is 4.05. The van der Waals surface area contributed by atoms with Crippen LogP contribution in [0.4, 0.5) is 5.69 Å². The highest BCUT2D eigenvalue weighted by Crippen LogP contribution is 2.33. The van der Waals surface area contributed by atoms with E-state index in [-0.39, 0.29) is 18.4 Å². The number of hydrogen-bond acceptors (Lipinski definition) is 5. The lowest BCUT2D eigenvalue weighted by Gasteiger charge is -2.27. The van der Waals surface area contributed by atoms with Crippen LogP contribution in [-0.2, 0) is 9.53 Å². The summed E-state index contributed by atoms with van der Waals surface area (Å²) in [5, 5.41) is 4.84. The second-order valence-electron chi connectivity index (χ2n) is 8.35. The van der Waals surface area contributed by atoms with Crippen LogP contribution < -0.4 is 10.1 Å². The van der Waals surface area contributed by atoms with Gasteiger partial charge < -0.3 is 19.7 Å². The maximum atomic E-state index is 13.3. The molecule has 7 heteroatoms. The van der Waals surface area contributed by atoms with E-state index in [1.165, 1.54) is 0 Å². The van der Waals surface area contributed by atoms with Gasteiger partial charge >= 0.3 is 0 Å². The van der Waals surface area contributed by atoms with Crippen LogP contribution in [0.5, 0.6) is 5.75 Å². The van der Waals surface area contributed by atoms with Crippen molar-refractivity contribution in [3.05, 3.63) is 96.6 Å². The van der Waals surface area contributed by atoms with E-state index in [0.717, 1.165) is 20.6 Å². The minimum absolute atomic E-state index is 0.121. The van der Waals surface area contributed by atoms with E-state index >= 15 is 0 Å². The molecule has 1 aliphatic heterocycles. The lowest BCUT2D eigenvalue weighted by atomic mass is 10.0. The first-order valence-corrected chi connectivity index (χ1v) is 12.6. The molecule has 6 nitrogen and oxygen atoms in total. The predicted octanol–water partition coefficient (Wildman–Crippen LogP) is 5.48. The number of nitrogens with zero attached hydrogens (tertiary/aromatic N) is 1. The smallest absolute Gasteiger partial charge is 0.262 e. The molecule has 4 aromatic rings. The molecule has 4 aromatic carbocycles. The van der Waals surface area contributed by atoms with Gasteiger partial charge in [-0.25, -0.2) is 0 Å². The van der Waals surface area contributed by atoms with Crippen molar-refractivity contribution in [2.24, 2.45) is 0 Å². The van der Waals surface area contributed by atoms with Crippen LogP contribution in [0.25, 0.3) is 10.8 Å². The van der Waals surface area contributed by atoms with Crippen LogP contribution in [0.15, 0.2) is 101 Å². The second-order valence-corrected chi connectivity index (χ2v) is 9.46. The molecule has 0 aliphatic carbocycles. The van der Waals surface area contributed by atoms with Crippen LogP contribution in [0.3, 0.4) is 0 Å². The molecular weight excluding hydrogens is 472 g/mol. The Kier molecular flexibility index (Phi) is 7.50. The van der Waals surface area contributed by atoms with Crippen molar-refractivity contribution in [3.8, 4) is 5.75 Å². The number of para-hydroxylation sites is 1. The highest BCUT2D eigenvalue weighted by atomic mass is 32.2. The van der Waals surface area contributed by atoms with Gasteiger partial charge in [-0.1, -0.05) is 66.4 Å². The lowest BCUT2D eigenvalue weighted by molar-refractivity contribution is -0.118. The summed E-state index contributed by atoms with van der Waals surface area (Å²) in [5.74, 6) is -0.0228. The fraction of sp³-hybridized carbons (Fsp3) is 0.172. The van der Waals surface area contributed by atoms with Crippen molar-refractivity contribution >= 4 is 40.0 Å². The first-order valence-electron chi connectivity index (χ1n) is 11.8. The maximum absolute atomic E-state index is 13.3. The Balaban J connectivity index is 1.33. The molecule has 0 radical (unpaired) electrons. The summed E-state index contributed by atoms with van der Waals surface area (Å²) in [6, 6.07) is 29.1. The average molecular weight is 499 g/mol. The van der Waals surface area contributed by atoms with Crippen molar-refractivity contribution in [2.75, 3.05) is 38.2 Å². The molecule has 0 unspecified atom stereocenters. The molecule has 0 bridgehead atoms. The largest absolute Gasteiger partial charge is 0.483 e. The summed E-state index contributed by atoms with van der Waals surface area (Å²) in [6.45, 7) is 1.87. The van der Waals surface area contributed by atoms with E-state index in [9.17, 15) is 9.59 Å². The number of anilines is 1. The molecule has 0 saturated carbocycles. The summed E-state index contributed by atoms with van der Waals surface area (Å²) in [5.41, 5.74) is 1.16. The molecule has 0 atom stereocenters. The number of morpholine rings is 1. The molecule has 182 valence electrons. The maximum Gasteiger partial charge on any atom is 0.262 e. The van der Waals surface area contributed by atoms with Gasteiger partial charge in [0.05, 0.1) is 24.5 Å². The number of amides is 2. The highest BCUT2D eigenvalue weighted by molar-refractivity contribution is 7.99. The summed E-state index contributed by atoms with van der Waals surface area (Å²) < 4.78 is 11.3. The van der Waals surface area contributed by atoms with E-state index in [2.05, 4.69) is 5.32 Å². The van der Waals surface area contributed by atoms with Gasteiger partial charge in [-0.05, 0) is 47.2 Å². The van der Waals surface area contributed by atoms with E-state index in [4.69, 9.17) is 9.47 Å². The quantitative estimate of drug-likeness (QED) is 0.365. The van der Waals surface area contributed by atoms with Crippen molar-refractivity contribution in [3.63, 3.8) is 0 Å². The topological polar surface area (TPSA) is 67.9 Å². The van der Waals surface area contributed by atoms with Crippen molar-refractivity contribution < 1.29 is 19.1 Å². The van der Waals surface area contributed by atoms with Gasteiger partial charge in [0.2, 0.25) is 0 Å². The third-order valence-corrected chi connectivity index (χ3v) is 6.95. The summed E-state index contributed by atoms with van der Waals surface area (Å²) in [6.07, 6.45) is 0. The Labute approximate surface area is 214 Å². The van der Waals surface area contributed by atoms with Crippen LogP contribution in [0.2, 0.25) is 0 Å². The van der Waals surface area contributed by atoms with Crippen molar-refractivity contribution in [1.82, 2.24) is 4.90 Å². The van der Waals surface area contributed by atoms with Crippen LogP contribution in [0.1, 0.15) is 10.4 Å². The third kappa shape index (κ3) is 5.70. The Hall–Kier alpha value is -3.81. The van der Waals surface area contributed by atoms with E-state index in [0.29, 0.717) is 43.3 Å².